The van der Waals surface area contributed by atoms with Gasteiger partial charge >= 0.3 is 0 Å². The highest BCUT2D eigenvalue weighted by Gasteiger charge is 2.24. The Balaban J connectivity index is 2.25. The van der Waals surface area contributed by atoms with E-state index in [0.717, 1.165) is 17.1 Å². The van der Waals surface area contributed by atoms with E-state index in [4.69, 9.17) is 4.74 Å². The van der Waals surface area contributed by atoms with Crippen LogP contribution < -0.4 is 9.64 Å². The second-order valence-electron chi connectivity index (χ2n) is 3.97. The van der Waals surface area contributed by atoms with Gasteiger partial charge in [-0.3, -0.25) is 0 Å². The molecular weight excluding hydrogens is 176 g/mol. The molecule has 0 amide bonds. The van der Waals surface area contributed by atoms with Crippen molar-refractivity contribution in [3.8, 4) is 5.75 Å². The lowest BCUT2D eigenvalue weighted by atomic mass is 10.2. The van der Waals surface area contributed by atoms with Crippen LogP contribution in [-0.2, 0) is 0 Å². The van der Waals surface area contributed by atoms with Gasteiger partial charge in [0, 0.05) is 25.9 Å². The van der Waals surface area contributed by atoms with Gasteiger partial charge in [-0.25, -0.2) is 4.98 Å². The fourth-order valence-electron chi connectivity index (χ4n) is 1.45. The molecule has 14 heavy (non-hydrogen) atoms. The summed E-state index contributed by atoms with van der Waals surface area (Å²) < 4.78 is 5.78. The van der Waals surface area contributed by atoms with Crippen LogP contribution in [0.3, 0.4) is 0 Å². The van der Waals surface area contributed by atoms with Gasteiger partial charge in [0.15, 0.2) is 0 Å². The third-order valence-corrected chi connectivity index (χ3v) is 2.37. The summed E-state index contributed by atoms with van der Waals surface area (Å²) in [5.41, 5.74) is 1.13. The molecule has 1 heterocycles. The molecule has 1 fully saturated rings. The SMILES string of the molecule is Cc1c(OC2CC2)ccnc1N(C)C. The number of hydrogen-bond donors (Lipinski definition) is 0. The summed E-state index contributed by atoms with van der Waals surface area (Å²) in [5, 5.41) is 0. The quantitative estimate of drug-likeness (QED) is 0.732. The fraction of sp³-hybridized carbons (Fsp3) is 0.545. The molecule has 0 spiro atoms. The molecule has 3 nitrogen and oxygen atoms in total. The van der Waals surface area contributed by atoms with Crippen LogP contribution in [0.15, 0.2) is 12.3 Å². The number of nitrogens with zero attached hydrogens (tertiary/aromatic N) is 2. The molecule has 0 bridgehead atoms. The van der Waals surface area contributed by atoms with Crippen LogP contribution in [0.5, 0.6) is 5.75 Å². The third-order valence-electron chi connectivity index (χ3n) is 2.37. The van der Waals surface area contributed by atoms with Crippen molar-refractivity contribution in [2.45, 2.75) is 25.9 Å². The molecule has 0 aromatic carbocycles. The van der Waals surface area contributed by atoms with E-state index in [0.29, 0.717) is 6.10 Å². The normalized spacial score (nSPS) is 15.4. The summed E-state index contributed by atoms with van der Waals surface area (Å²) in [4.78, 5) is 6.32. The molecule has 0 atom stereocenters. The molecule has 0 N–H and O–H groups in total. The molecule has 0 unspecified atom stereocenters. The van der Waals surface area contributed by atoms with Crippen molar-refractivity contribution in [2.75, 3.05) is 19.0 Å². The lowest BCUT2D eigenvalue weighted by molar-refractivity contribution is 0.301. The summed E-state index contributed by atoms with van der Waals surface area (Å²) in [6.07, 6.45) is 4.64. The van der Waals surface area contributed by atoms with Crippen LogP contribution >= 0.6 is 0 Å². The second kappa shape index (κ2) is 3.48. The summed E-state index contributed by atoms with van der Waals surface area (Å²) in [6.45, 7) is 2.06. The Labute approximate surface area is 84.7 Å². The summed E-state index contributed by atoms with van der Waals surface area (Å²) >= 11 is 0. The molecule has 1 aromatic heterocycles. The fourth-order valence-corrected chi connectivity index (χ4v) is 1.45. The Morgan fingerprint density at radius 1 is 1.43 bits per heavy atom. The average molecular weight is 192 g/mol. The van der Waals surface area contributed by atoms with E-state index < -0.39 is 0 Å². The molecule has 2 rings (SSSR count). The third kappa shape index (κ3) is 1.81. The summed E-state index contributed by atoms with van der Waals surface area (Å²) in [5.74, 6) is 1.97. The number of pyridine rings is 1. The topological polar surface area (TPSA) is 25.4 Å². The first-order valence-corrected chi connectivity index (χ1v) is 4.98. The smallest absolute Gasteiger partial charge is 0.134 e. The molecule has 1 aromatic rings. The van der Waals surface area contributed by atoms with Crippen LogP contribution in [-0.4, -0.2) is 25.2 Å². The predicted octanol–water partition coefficient (Wildman–Crippen LogP) is 2.00. The number of hydrogen-bond acceptors (Lipinski definition) is 3. The minimum Gasteiger partial charge on any atom is -0.490 e. The molecule has 76 valence electrons. The minimum atomic E-state index is 0.450. The van der Waals surface area contributed by atoms with Gasteiger partial charge in [-0.2, -0.15) is 0 Å². The van der Waals surface area contributed by atoms with E-state index in [-0.39, 0.29) is 0 Å². The van der Waals surface area contributed by atoms with Gasteiger partial charge in [0.1, 0.15) is 11.6 Å². The van der Waals surface area contributed by atoms with Crippen molar-refractivity contribution in [3.05, 3.63) is 17.8 Å². The number of anilines is 1. The molecule has 0 saturated heterocycles. The van der Waals surface area contributed by atoms with Crippen molar-refractivity contribution < 1.29 is 4.74 Å². The molecular formula is C11H16N2O. The molecule has 3 heteroatoms. The average Bonchev–Trinajstić information content (AvgIpc) is 2.92. The van der Waals surface area contributed by atoms with E-state index in [1.807, 2.05) is 25.1 Å². The Morgan fingerprint density at radius 2 is 2.14 bits per heavy atom. The van der Waals surface area contributed by atoms with Gasteiger partial charge in [-0.1, -0.05) is 0 Å². The number of aromatic nitrogens is 1. The first-order valence-electron chi connectivity index (χ1n) is 4.98. The van der Waals surface area contributed by atoms with Gasteiger partial charge in [-0.15, -0.1) is 0 Å². The highest BCUT2D eigenvalue weighted by atomic mass is 16.5. The summed E-state index contributed by atoms with van der Waals surface area (Å²) in [6, 6.07) is 1.95. The Bertz CT molecular complexity index is 332. The van der Waals surface area contributed by atoms with Gasteiger partial charge in [0.05, 0.1) is 6.10 Å². The number of rotatable bonds is 3. The zero-order valence-electron chi connectivity index (χ0n) is 8.95. The van der Waals surface area contributed by atoms with E-state index in [1.54, 1.807) is 6.20 Å². The molecule has 1 saturated carbocycles. The van der Waals surface area contributed by atoms with E-state index >= 15 is 0 Å². The van der Waals surface area contributed by atoms with E-state index in [9.17, 15) is 0 Å². The van der Waals surface area contributed by atoms with Crippen LogP contribution in [0.2, 0.25) is 0 Å². The summed E-state index contributed by atoms with van der Waals surface area (Å²) in [7, 11) is 3.99. The monoisotopic (exact) mass is 192 g/mol. The molecule has 1 aliphatic carbocycles. The van der Waals surface area contributed by atoms with Crippen LogP contribution in [0.25, 0.3) is 0 Å². The van der Waals surface area contributed by atoms with Gasteiger partial charge in [-0.05, 0) is 25.8 Å². The van der Waals surface area contributed by atoms with E-state index in [1.165, 1.54) is 12.8 Å². The van der Waals surface area contributed by atoms with Crippen molar-refractivity contribution >= 4 is 5.82 Å². The van der Waals surface area contributed by atoms with Crippen molar-refractivity contribution in [1.29, 1.82) is 0 Å². The van der Waals surface area contributed by atoms with E-state index in [2.05, 4.69) is 11.9 Å². The highest BCUT2D eigenvalue weighted by Crippen LogP contribution is 2.31. The van der Waals surface area contributed by atoms with Crippen LogP contribution in [0, 0.1) is 6.92 Å². The molecule has 0 aliphatic heterocycles. The minimum absolute atomic E-state index is 0.450. The lowest BCUT2D eigenvalue weighted by Crippen LogP contribution is -2.13. The zero-order chi connectivity index (χ0) is 10.1. The maximum absolute atomic E-state index is 5.78. The predicted molar refractivity (Wildman–Crippen MR) is 57.0 cm³/mol. The van der Waals surface area contributed by atoms with Crippen molar-refractivity contribution in [3.63, 3.8) is 0 Å². The standard InChI is InChI=1S/C11H16N2O/c1-8-10(14-9-4-5-9)6-7-12-11(8)13(2)3/h6-7,9H,4-5H2,1-3H3. The highest BCUT2D eigenvalue weighted by molar-refractivity contribution is 5.51. The lowest BCUT2D eigenvalue weighted by Gasteiger charge is -2.16. The maximum atomic E-state index is 5.78. The van der Waals surface area contributed by atoms with Gasteiger partial charge in [0.2, 0.25) is 0 Å². The van der Waals surface area contributed by atoms with Crippen LogP contribution in [0.4, 0.5) is 5.82 Å². The Morgan fingerprint density at radius 3 is 2.71 bits per heavy atom. The zero-order valence-corrected chi connectivity index (χ0v) is 8.95. The maximum Gasteiger partial charge on any atom is 0.134 e. The number of ether oxygens (including phenoxy) is 1. The van der Waals surface area contributed by atoms with Gasteiger partial charge < -0.3 is 9.64 Å². The Kier molecular flexibility index (Phi) is 2.32. The largest absolute Gasteiger partial charge is 0.490 e. The van der Waals surface area contributed by atoms with Crippen molar-refractivity contribution in [2.24, 2.45) is 0 Å². The van der Waals surface area contributed by atoms with Crippen molar-refractivity contribution in [1.82, 2.24) is 4.98 Å². The Hall–Kier alpha value is -1.25. The second-order valence-corrected chi connectivity index (χ2v) is 3.97. The molecule has 0 radical (unpaired) electrons. The van der Waals surface area contributed by atoms with Gasteiger partial charge in [0.25, 0.3) is 0 Å². The first-order chi connectivity index (χ1) is 6.68. The first kappa shape index (κ1) is 9.31. The molecule has 1 aliphatic rings. The van der Waals surface area contributed by atoms with Crippen LogP contribution in [0.1, 0.15) is 18.4 Å².